The molecular formula is C32H35FN6O. The largest absolute Gasteiger partial charge is 0.328 e. The third-order valence-electron chi connectivity index (χ3n) is 6.63. The molecule has 3 N–H and O–H groups in total. The Labute approximate surface area is 235 Å². The van der Waals surface area contributed by atoms with E-state index in [2.05, 4.69) is 11.4 Å². The fourth-order valence-corrected chi connectivity index (χ4v) is 4.71. The van der Waals surface area contributed by atoms with Crippen molar-refractivity contribution in [3.05, 3.63) is 108 Å². The predicted molar refractivity (Wildman–Crippen MR) is 156 cm³/mol. The van der Waals surface area contributed by atoms with Crippen molar-refractivity contribution in [1.29, 1.82) is 5.26 Å². The summed E-state index contributed by atoms with van der Waals surface area (Å²) in [6.07, 6.45) is 0.561. The lowest BCUT2D eigenvalue weighted by Gasteiger charge is -2.40. The van der Waals surface area contributed by atoms with Crippen LogP contribution in [0.4, 0.5) is 14.9 Å². The number of benzene rings is 3. The number of hydrogen-bond acceptors (Lipinski definition) is 4. The zero-order valence-electron chi connectivity index (χ0n) is 23.1. The molecule has 1 heterocycles. The molecule has 0 saturated carbocycles. The molecule has 7 nitrogen and oxygen atoms in total. The molecule has 0 bridgehead atoms. The third kappa shape index (κ3) is 6.93. The number of carbonyl (C=O) groups excluding carboxylic acids is 1. The molecule has 0 radical (unpaired) electrons. The number of carbonyl (C=O) groups is 1. The van der Waals surface area contributed by atoms with E-state index in [1.54, 1.807) is 24.3 Å². The molecule has 0 aliphatic heterocycles. The van der Waals surface area contributed by atoms with Crippen LogP contribution < -0.4 is 11.1 Å². The van der Waals surface area contributed by atoms with Crippen molar-refractivity contribution < 1.29 is 9.18 Å². The number of aromatic nitrogens is 2. The first kappa shape index (κ1) is 28.5. The number of halogens is 1. The topological polar surface area (TPSA) is 100.0 Å². The number of rotatable bonds is 9. The van der Waals surface area contributed by atoms with Gasteiger partial charge in [-0.25, -0.2) is 14.2 Å². The van der Waals surface area contributed by atoms with Gasteiger partial charge in [-0.3, -0.25) is 0 Å². The Hall–Kier alpha value is -4.48. The maximum Gasteiger partial charge on any atom is 0.322 e. The highest BCUT2D eigenvalue weighted by atomic mass is 19.1. The second-order valence-electron chi connectivity index (χ2n) is 10.8. The van der Waals surface area contributed by atoms with E-state index in [1.807, 2.05) is 92.2 Å². The number of imidazole rings is 1. The van der Waals surface area contributed by atoms with Crippen molar-refractivity contribution in [2.24, 2.45) is 11.1 Å². The summed E-state index contributed by atoms with van der Waals surface area (Å²) in [6, 6.07) is 27.4. The van der Waals surface area contributed by atoms with Crippen molar-refractivity contribution in [2.75, 3.05) is 18.4 Å². The first-order chi connectivity index (χ1) is 19.2. The lowest BCUT2D eigenvalue weighted by atomic mass is 9.84. The monoisotopic (exact) mass is 538 g/mol. The van der Waals surface area contributed by atoms with Gasteiger partial charge in [-0.05, 0) is 35.2 Å². The van der Waals surface area contributed by atoms with Crippen molar-refractivity contribution >= 4 is 11.7 Å². The fraction of sp³-hybridized carbons (Fsp3) is 0.281. The third-order valence-corrected chi connectivity index (χ3v) is 6.63. The van der Waals surface area contributed by atoms with Crippen molar-refractivity contribution in [1.82, 2.24) is 14.5 Å². The molecular weight excluding hydrogens is 503 g/mol. The van der Waals surface area contributed by atoms with Gasteiger partial charge >= 0.3 is 6.03 Å². The maximum atomic E-state index is 15.0. The minimum Gasteiger partial charge on any atom is -0.328 e. The second kappa shape index (κ2) is 12.6. The highest BCUT2D eigenvalue weighted by molar-refractivity contribution is 5.89. The molecule has 0 aliphatic carbocycles. The van der Waals surface area contributed by atoms with E-state index in [0.29, 0.717) is 23.6 Å². The van der Waals surface area contributed by atoms with Crippen molar-refractivity contribution in [2.45, 2.75) is 39.5 Å². The van der Waals surface area contributed by atoms with Crippen molar-refractivity contribution in [3.63, 3.8) is 0 Å². The average molecular weight is 539 g/mol. The van der Waals surface area contributed by atoms with E-state index < -0.39 is 23.7 Å². The quantitative estimate of drug-likeness (QED) is 0.258. The Morgan fingerprint density at radius 1 is 1.05 bits per heavy atom. The van der Waals surface area contributed by atoms with E-state index in [0.717, 1.165) is 16.8 Å². The Balaban J connectivity index is 1.81. The molecule has 2 amide bonds. The van der Waals surface area contributed by atoms with Gasteiger partial charge in [0.2, 0.25) is 0 Å². The number of nitrogens with two attached hydrogens (primary N) is 1. The zero-order valence-corrected chi connectivity index (χ0v) is 23.1. The number of amides is 2. The van der Waals surface area contributed by atoms with Gasteiger partial charge in [0.1, 0.15) is 12.0 Å². The summed E-state index contributed by atoms with van der Waals surface area (Å²) in [7, 11) is 0. The van der Waals surface area contributed by atoms with Crippen LogP contribution in [0.1, 0.15) is 43.8 Å². The average Bonchev–Trinajstić information content (AvgIpc) is 3.36. The van der Waals surface area contributed by atoms with Gasteiger partial charge in [-0.1, -0.05) is 81.4 Å². The fourth-order valence-electron chi connectivity index (χ4n) is 4.71. The molecule has 0 spiro atoms. The molecule has 2 atom stereocenters. The summed E-state index contributed by atoms with van der Waals surface area (Å²) in [5.41, 5.74) is 8.93. The first-order valence-corrected chi connectivity index (χ1v) is 13.3. The molecule has 8 heteroatoms. The number of urea groups is 1. The zero-order chi connectivity index (χ0) is 28.7. The van der Waals surface area contributed by atoms with E-state index in [1.165, 1.54) is 4.90 Å². The summed E-state index contributed by atoms with van der Waals surface area (Å²) < 4.78 is 17.0. The number of nitrogens with zero attached hydrogens (tertiary/aromatic N) is 4. The molecule has 0 saturated heterocycles. The summed E-state index contributed by atoms with van der Waals surface area (Å²) in [5, 5.41) is 12.0. The Morgan fingerprint density at radius 3 is 2.25 bits per heavy atom. The number of alkyl halides is 1. The molecule has 4 aromatic rings. The first-order valence-electron chi connectivity index (χ1n) is 13.3. The minimum atomic E-state index is -1.43. The van der Waals surface area contributed by atoms with Gasteiger partial charge in [-0.2, -0.15) is 5.26 Å². The Kier molecular flexibility index (Phi) is 8.97. The number of hydrogen-bond donors (Lipinski definition) is 2. The Morgan fingerprint density at radius 2 is 1.68 bits per heavy atom. The molecule has 1 aromatic heterocycles. The van der Waals surface area contributed by atoms with Gasteiger partial charge in [0.05, 0.1) is 29.9 Å². The van der Waals surface area contributed by atoms with E-state index >= 15 is 0 Å². The van der Waals surface area contributed by atoms with Gasteiger partial charge in [0, 0.05) is 30.5 Å². The van der Waals surface area contributed by atoms with Crippen LogP contribution in [0.5, 0.6) is 0 Å². The summed E-state index contributed by atoms with van der Waals surface area (Å²) in [6.45, 7) is 6.14. The molecule has 40 heavy (non-hydrogen) atoms. The normalized spacial score (nSPS) is 12.8. The lowest BCUT2D eigenvalue weighted by molar-refractivity contribution is 0.0960. The van der Waals surface area contributed by atoms with Crippen LogP contribution in [-0.2, 0) is 6.54 Å². The van der Waals surface area contributed by atoms with Crippen LogP contribution in [0, 0.1) is 16.7 Å². The highest BCUT2D eigenvalue weighted by Crippen LogP contribution is 2.39. The van der Waals surface area contributed by atoms with E-state index in [4.69, 9.17) is 16.0 Å². The van der Waals surface area contributed by atoms with E-state index in [-0.39, 0.29) is 13.1 Å². The molecule has 0 fully saturated rings. The second-order valence-corrected chi connectivity index (χ2v) is 10.8. The van der Waals surface area contributed by atoms with Gasteiger partial charge < -0.3 is 20.5 Å². The highest BCUT2D eigenvalue weighted by Gasteiger charge is 2.39. The standard InChI is InChI=1S/C32H35FN6O/c1-32(2,3)29(39(21-26(33)19-35)31(40)36-27-16-14-23(18-34)15-17-27)30-37-28(25-12-8-5-9-13-25)22-38(30)20-24-10-6-4-7-11-24/h4-17,22,26,29H,19-21,35H2,1-3H3,(H,36,40). The summed E-state index contributed by atoms with van der Waals surface area (Å²) >= 11 is 0. The maximum absolute atomic E-state index is 15.0. The van der Waals surface area contributed by atoms with Crippen LogP contribution in [-0.4, -0.2) is 39.7 Å². The Bertz CT molecular complexity index is 1440. The lowest BCUT2D eigenvalue weighted by Crippen LogP contribution is -2.48. The van der Waals surface area contributed by atoms with Crippen LogP contribution in [0.25, 0.3) is 11.3 Å². The molecule has 206 valence electrons. The smallest absolute Gasteiger partial charge is 0.322 e. The number of nitrogens with one attached hydrogen (secondary N) is 1. The number of anilines is 1. The van der Waals surface area contributed by atoms with E-state index in [9.17, 15) is 9.18 Å². The molecule has 4 rings (SSSR count). The van der Waals surface area contributed by atoms with Crippen LogP contribution in [0.3, 0.4) is 0 Å². The number of nitriles is 1. The van der Waals surface area contributed by atoms with Gasteiger partial charge in [0.15, 0.2) is 0 Å². The molecule has 3 aromatic carbocycles. The molecule has 0 aliphatic rings. The molecule has 2 unspecified atom stereocenters. The summed E-state index contributed by atoms with van der Waals surface area (Å²) in [4.78, 5) is 20.4. The van der Waals surface area contributed by atoms with Gasteiger partial charge in [0.25, 0.3) is 0 Å². The van der Waals surface area contributed by atoms with Crippen LogP contribution in [0.15, 0.2) is 91.1 Å². The minimum absolute atomic E-state index is 0.209. The SMILES string of the molecule is CC(C)(C)C(c1nc(-c2ccccc2)cn1Cc1ccccc1)N(CC(F)CN)C(=O)Nc1ccc(C#N)cc1. The van der Waals surface area contributed by atoms with Gasteiger partial charge in [-0.15, -0.1) is 0 Å². The predicted octanol–water partition coefficient (Wildman–Crippen LogP) is 6.39. The summed E-state index contributed by atoms with van der Waals surface area (Å²) in [5.74, 6) is 0.648. The van der Waals surface area contributed by atoms with Crippen LogP contribution >= 0.6 is 0 Å². The van der Waals surface area contributed by atoms with Crippen molar-refractivity contribution in [3.8, 4) is 17.3 Å². The van der Waals surface area contributed by atoms with Crippen LogP contribution in [0.2, 0.25) is 0 Å².